The van der Waals surface area contributed by atoms with Gasteiger partial charge in [0.1, 0.15) is 5.75 Å². The van der Waals surface area contributed by atoms with Crippen molar-refractivity contribution in [1.29, 1.82) is 0 Å². The smallest absolute Gasteiger partial charge is 0.329 e. The van der Waals surface area contributed by atoms with Crippen molar-refractivity contribution in [2.75, 3.05) is 20.3 Å². The number of carboxylic acids is 1. The van der Waals surface area contributed by atoms with Crippen LogP contribution in [0.5, 0.6) is 5.75 Å². The van der Waals surface area contributed by atoms with Gasteiger partial charge in [-0.15, -0.1) is 0 Å². The molecule has 0 atom stereocenters. The van der Waals surface area contributed by atoms with E-state index in [9.17, 15) is 19.5 Å². The molecule has 1 rings (SSSR count). The predicted octanol–water partition coefficient (Wildman–Crippen LogP) is -0.560. The Balaban J connectivity index is 2.47. The topological polar surface area (TPSA) is 129 Å². The van der Waals surface area contributed by atoms with Gasteiger partial charge < -0.3 is 24.7 Å². The summed E-state index contributed by atoms with van der Waals surface area (Å²) in [7, 11) is 1.34. The van der Waals surface area contributed by atoms with E-state index in [0.29, 0.717) is 25.1 Å². The summed E-state index contributed by atoms with van der Waals surface area (Å²) >= 11 is 0. The normalized spacial score (nSPS) is 10.8. The highest BCUT2D eigenvalue weighted by Gasteiger charge is 2.11. The lowest BCUT2D eigenvalue weighted by molar-refractivity contribution is -0.255. The number of aromatic carboxylic acids is 1. The monoisotopic (exact) mass is 364 g/mol. The Hall–Kier alpha value is -2.94. The van der Waals surface area contributed by atoms with Crippen molar-refractivity contribution < 1.29 is 29.0 Å². The van der Waals surface area contributed by atoms with Gasteiger partial charge in [0, 0.05) is 18.7 Å². The molecule has 1 aromatic rings. The van der Waals surface area contributed by atoms with Crippen LogP contribution in [-0.4, -0.2) is 50.4 Å². The van der Waals surface area contributed by atoms with Gasteiger partial charge in [0.2, 0.25) is 0 Å². The quantitative estimate of drug-likeness (QED) is 0.261. The summed E-state index contributed by atoms with van der Waals surface area (Å²) in [5.74, 6) is -3.01. The second kappa shape index (κ2) is 10.8. The number of benzene rings is 1. The minimum Gasteiger partial charge on any atom is -0.545 e. The number of rotatable bonds is 9. The number of hydrogen-bond acceptors (Lipinski definition) is 7. The largest absolute Gasteiger partial charge is 0.545 e. The van der Waals surface area contributed by atoms with Crippen molar-refractivity contribution in [2.45, 2.75) is 26.4 Å². The summed E-state index contributed by atoms with van der Waals surface area (Å²) < 4.78 is 10.2. The molecule has 0 bridgehead atoms. The molecule has 0 aliphatic heterocycles. The number of nitrogens with one attached hydrogen (secondary N) is 2. The van der Waals surface area contributed by atoms with Crippen LogP contribution in [0.2, 0.25) is 0 Å². The second-order valence-electron chi connectivity index (χ2n) is 5.48. The van der Waals surface area contributed by atoms with Crippen molar-refractivity contribution in [3.63, 3.8) is 0 Å². The van der Waals surface area contributed by atoms with Crippen molar-refractivity contribution in [3.05, 3.63) is 29.3 Å². The SMILES string of the molecule is COc1ccc(/C=N\NC(=O)C(=O)NCCCOC(C)C)cc1C(=O)[O-]. The molecule has 142 valence electrons. The molecule has 0 aliphatic rings. The van der Waals surface area contributed by atoms with Gasteiger partial charge in [0.05, 0.1) is 25.4 Å². The Labute approximate surface area is 151 Å². The molecule has 0 saturated heterocycles. The Morgan fingerprint density at radius 3 is 2.62 bits per heavy atom. The van der Waals surface area contributed by atoms with E-state index in [1.54, 1.807) is 0 Å². The van der Waals surface area contributed by atoms with Crippen molar-refractivity contribution in [3.8, 4) is 5.75 Å². The third-order valence-corrected chi connectivity index (χ3v) is 3.09. The van der Waals surface area contributed by atoms with Crippen molar-refractivity contribution in [1.82, 2.24) is 10.7 Å². The van der Waals surface area contributed by atoms with E-state index in [0.717, 1.165) is 0 Å². The third kappa shape index (κ3) is 7.31. The first-order chi connectivity index (χ1) is 12.3. The van der Waals surface area contributed by atoms with Gasteiger partial charge in [-0.25, -0.2) is 5.43 Å². The van der Waals surface area contributed by atoms with E-state index < -0.39 is 17.8 Å². The number of methoxy groups -OCH3 is 1. The van der Waals surface area contributed by atoms with Gasteiger partial charge in [0.25, 0.3) is 0 Å². The fourth-order valence-corrected chi connectivity index (χ4v) is 1.86. The van der Waals surface area contributed by atoms with Crippen LogP contribution in [0.25, 0.3) is 0 Å². The zero-order valence-corrected chi connectivity index (χ0v) is 14.9. The van der Waals surface area contributed by atoms with E-state index in [1.807, 2.05) is 13.8 Å². The first-order valence-corrected chi connectivity index (χ1v) is 7.97. The molecular formula is C17H22N3O6-. The van der Waals surface area contributed by atoms with Gasteiger partial charge in [0.15, 0.2) is 0 Å². The van der Waals surface area contributed by atoms with Crippen LogP contribution in [0.3, 0.4) is 0 Å². The standard InChI is InChI=1S/C17H23N3O6/c1-11(2)26-8-4-7-18-15(21)16(22)20-19-10-12-5-6-14(25-3)13(9-12)17(23)24/h5-6,9-11H,4,7-8H2,1-3H3,(H,18,21)(H,20,22)(H,23,24)/p-1/b19-10-. The number of carboxylic acid groups (broad SMARTS) is 1. The highest BCUT2D eigenvalue weighted by Crippen LogP contribution is 2.18. The molecule has 0 aliphatic carbocycles. The van der Waals surface area contributed by atoms with E-state index in [4.69, 9.17) is 9.47 Å². The molecule has 2 amide bonds. The molecular weight excluding hydrogens is 342 g/mol. The molecule has 0 saturated carbocycles. The van der Waals surface area contributed by atoms with Crippen LogP contribution < -0.4 is 20.6 Å². The summed E-state index contributed by atoms with van der Waals surface area (Å²) in [5, 5.41) is 17.1. The highest BCUT2D eigenvalue weighted by molar-refractivity contribution is 6.35. The predicted molar refractivity (Wildman–Crippen MR) is 91.8 cm³/mol. The van der Waals surface area contributed by atoms with Crippen LogP contribution in [-0.2, 0) is 14.3 Å². The lowest BCUT2D eigenvalue weighted by atomic mass is 10.1. The summed E-state index contributed by atoms with van der Waals surface area (Å²) in [6.45, 7) is 4.59. The number of nitrogens with zero attached hydrogens (tertiary/aromatic N) is 1. The molecule has 9 nitrogen and oxygen atoms in total. The number of hydrazone groups is 1. The molecule has 0 heterocycles. The molecule has 1 aromatic carbocycles. The van der Waals surface area contributed by atoms with Crippen molar-refractivity contribution in [2.24, 2.45) is 5.10 Å². The van der Waals surface area contributed by atoms with Crippen LogP contribution in [0, 0.1) is 0 Å². The minimum atomic E-state index is -1.40. The number of ether oxygens (including phenoxy) is 2. The Morgan fingerprint density at radius 2 is 2.00 bits per heavy atom. The van der Waals surface area contributed by atoms with E-state index in [1.165, 1.54) is 31.5 Å². The van der Waals surface area contributed by atoms with Crippen LogP contribution in [0.4, 0.5) is 0 Å². The van der Waals surface area contributed by atoms with E-state index >= 15 is 0 Å². The van der Waals surface area contributed by atoms with Gasteiger partial charge in [-0.3, -0.25) is 9.59 Å². The minimum absolute atomic E-state index is 0.110. The average Bonchev–Trinajstić information content (AvgIpc) is 2.60. The zero-order chi connectivity index (χ0) is 19.5. The maximum absolute atomic E-state index is 11.6. The highest BCUT2D eigenvalue weighted by atomic mass is 16.5. The second-order valence-corrected chi connectivity index (χ2v) is 5.48. The summed E-state index contributed by atoms with van der Waals surface area (Å²) in [4.78, 5) is 34.2. The first-order valence-electron chi connectivity index (χ1n) is 7.97. The van der Waals surface area contributed by atoms with E-state index in [-0.39, 0.29) is 17.4 Å². The molecule has 2 N–H and O–H groups in total. The zero-order valence-electron chi connectivity index (χ0n) is 14.9. The first kappa shape index (κ1) is 21.1. The lowest BCUT2D eigenvalue weighted by Crippen LogP contribution is -2.38. The fraction of sp³-hybridized carbons (Fsp3) is 0.412. The van der Waals surface area contributed by atoms with Gasteiger partial charge >= 0.3 is 11.8 Å². The Morgan fingerprint density at radius 1 is 1.27 bits per heavy atom. The number of carbonyl (C=O) groups is 3. The summed E-state index contributed by atoms with van der Waals surface area (Å²) in [5.41, 5.74) is 2.30. The number of carbonyl (C=O) groups excluding carboxylic acids is 3. The maximum atomic E-state index is 11.6. The Bertz CT molecular complexity index is 672. The van der Waals surface area contributed by atoms with Crippen LogP contribution in [0.15, 0.2) is 23.3 Å². The fourth-order valence-electron chi connectivity index (χ4n) is 1.86. The molecule has 26 heavy (non-hydrogen) atoms. The third-order valence-electron chi connectivity index (χ3n) is 3.09. The molecule has 0 spiro atoms. The molecule has 0 radical (unpaired) electrons. The van der Waals surface area contributed by atoms with Gasteiger partial charge in [-0.2, -0.15) is 5.10 Å². The van der Waals surface area contributed by atoms with Gasteiger partial charge in [-0.05, 0) is 44.0 Å². The van der Waals surface area contributed by atoms with Gasteiger partial charge in [-0.1, -0.05) is 0 Å². The Kier molecular flexibility index (Phi) is 8.79. The van der Waals surface area contributed by atoms with Crippen LogP contribution >= 0.6 is 0 Å². The molecule has 9 heteroatoms. The maximum Gasteiger partial charge on any atom is 0.329 e. The number of amides is 2. The number of hydrogen-bond donors (Lipinski definition) is 2. The van der Waals surface area contributed by atoms with E-state index in [2.05, 4.69) is 15.8 Å². The summed E-state index contributed by atoms with van der Waals surface area (Å²) in [6, 6.07) is 4.24. The average molecular weight is 364 g/mol. The summed E-state index contributed by atoms with van der Waals surface area (Å²) in [6.07, 6.45) is 1.89. The lowest BCUT2D eigenvalue weighted by Gasteiger charge is -2.09. The molecule has 0 unspecified atom stereocenters. The molecule has 0 fully saturated rings. The van der Waals surface area contributed by atoms with Crippen LogP contribution in [0.1, 0.15) is 36.2 Å². The molecule has 0 aromatic heterocycles. The van der Waals surface area contributed by atoms with Crippen molar-refractivity contribution >= 4 is 24.0 Å².